The molecule has 156 valence electrons. The van der Waals surface area contributed by atoms with Crippen LogP contribution < -0.4 is 15.5 Å². The Bertz CT molecular complexity index is 1090. The van der Waals surface area contributed by atoms with Crippen LogP contribution in [0.4, 0.5) is 5.69 Å². The van der Waals surface area contributed by atoms with Crippen LogP contribution in [0.3, 0.4) is 0 Å². The molecule has 0 bridgehead atoms. The molecule has 0 saturated heterocycles. The van der Waals surface area contributed by atoms with Crippen molar-refractivity contribution in [3.63, 3.8) is 0 Å². The number of nitrogens with zero attached hydrogens (tertiary/aromatic N) is 3. The Balaban J connectivity index is 1.69. The number of amides is 1. The number of carbonyl (C=O) groups is 1. The average molecular weight is 488 g/mol. The average Bonchev–Trinajstić information content (AvgIpc) is 3.13. The highest BCUT2D eigenvalue weighted by molar-refractivity contribution is 9.10. The van der Waals surface area contributed by atoms with E-state index < -0.39 is 5.25 Å². The lowest BCUT2D eigenvalue weighted by molar-refractivity contribution is -0.116. The van der Waals surface area contributed by atoms with E-state index >= 15 is 0 Å². The normalized spacial score (nSPS) is 17.7. The molecule has 0 saturated carbocycles. The number of fused-ring (bicyclic) bond motifs is 1. The molecular weight excluding hydrogens is 466 g/mol. The number of hydrogen-bond acceptors (Lipinski definition) is 6. The molecule has 9 heteroatoms. The predicted molar refractivity (Wildman–Crippen MR) is 122 cm³/mol. The monoisotopic (exact) mass is 487 g/mol. The first-order valence-corrected chi connectivity index (χ1v) is 11.3. The number of methoxy groups -OCH3 is 1. The van der Waals surface area contributed by atoms with Gasteiger partial charge in [-0.05, 0) is 58.6 Å². The SMILES string of the molecule is CCc1ccccc1NC(=O)C1Sc2nnc(C)n2NC1c1ccc(OC)c(Br)c1. The summed E-state index contributed by atoms with van der Waals surface area (Å²) in [5, 5.41) is 11.7. The van der Waals surface area contributed by atoms with Crippen LogP contribution in [-0.4, -0.2) is 33.1 Å². The Morgan fingerprint density at radius 3 is 2.83 bits per heavy atom. The van der Waals surface area contributed by atoms with E-state index in [0.29, 0.717) is 5.16 Å². The van der Waals surface area contributed by atoms with Gasteiger partial charge in [0.15, 0.2) is 0 Å². The van der Waals surface area contributed by atoms with E-state index in [1.54, 1.807) is 7.11 Å². The number of nitrogens with one attached hydrogen (secondary N) is 2. The molecule has 2 heterocycles. The second-order valence-corrected chi connectivity index (χ2v) is 8.87. The van der Waals surface area contributed by atoms with Gasteiger partial charge < -0.3 is 15.5 Å². The summed E-state index contributed by atoms with van der Waals surface area (Å²) in [5.41, 5.74) is 6.31. The molecule has 0 spiro atoms. The Hall–Kier alpha value is -2.52. The molecule has 1 aliphatic heterocycles. The molecule has 30 heavy (non-hydrogen) atoms. The number of halogens is 1. The van der Waals surface area contributed by atoms with Crippen LogP contribution in [0.1, 0.15) is 29.9 Å². The molecule has 1 amide bonds. The number of anilines is 1. The lowest BCUT2D eigenvalue weighted by Gasteiger charge is -2.33. The highest BCUT2D eigenvalue weighted by Gasteiger charge is 2.37. The molecule has 2 aromatic carbocycles. The maximum atomic E-state index is 13.4. The van der Waals surface area contributed by atoms with Crippen LogP contribution in [0.25, 0.3) is 0 Å². The molecule has 3 aromatic rings. The topological polar surface area (TPSA) is 81.1 Å². The van der Waals surface area contributed by atoms with Crippen molar-refractivity contribution in [2.24, 2.45) is 0 Å². The Kier molecular flexibility index (Phi) is 6.01. The third-order valence-corrected chi connectivity index (χ3v) is 6.88. The van der Waals surface area contributed by atoms with Crippen LogP contribution in [0, 0.1) is 6.92 Å². The van der Waals surface area contributed by atoms with Crippen molar-refractivity contribution in [2.75, 3.05) is 17.9 Å². The first-order valence-electron chi connectivity index (χ1n) is 9.59. The first-order chi connectivity index (χ1) is 14.5. The van der Waals surface area contributed by atoms with E-state index in [9.17, 15) is 4.79 Å². The van der Waals surface area contributed by atoms with Gasteiger partial charge in [-0.15, -0.1) is 10.2 Å². The van der Waals surface area contributed by atoms with Gasteiger partial charge in [0, 0.05) is 5.69 Å². The van der Waals surface area contributed by atoms with Crippen LogP contribution in [0.2, 0.25) is 0 Å². The van der Waals surface area contributed by atoms with Gasteiger partial charge in [0.2, 0.25) is 11.1 Å². The zero-order valence-corrected chi connectivity index (χ0v) is 19.3. The minimum Gasteiger partial charge on any atom is -0.496 e. The van der Waals surface area contributed by atoms with E-state index in [4.69, 9.17) is 4.74 Å². The van der Waals surface area contributed by atoms with Crippen LogP contribution in [-0.2, 0) is 11.2 Å². The number of hydrogen-bond donors (Lipinski definition) is 2. The molecule has 2 N–H and O–H groups in total. The van der Waals surface area contributed by atoms with Crippen molar-refractivity contribution >= 4 is 39.3 Å². The lowest BCUT2D eigenvalue weighted by atomic mass is 10.0. The largest absolute Gasteiger partial charge is 0.496 e. The number of ether oxygens (including phenoxy) is 1. The molecule has 0 radical (unpaired) electrons. The molecule has 1 aromatic heterocycles. The first kappa shape index (κ1) is 20.7. The summed E-state index contributed by atoms with van der Waals surface area (Å²) in [6, 6.07) is 13.4. The number of benzene rings is 2. The minimum atomic E-state index is -0.439. The molecular formula is C21H22BrN5O2S. The van der Waals surface area contributed by atoms with Gasteiger partial charge in [0.25, 0.3) is 0 Å². The van der Waals surface area contributed by atoms with Crippen molar-refractivity contribution in [3.05, 3.63) is 63.9 Å². The minimum absolute atomic E-state index is 0.0859. The van der Waals surface area contributed by atoms with E-state index in [1.807, 2.05) is 54.1 Å². The third kappa shape index (κ3) is 3.91. The van der Waals surface area contributed by atoms with Gasteiger partial charge in [-0.2, -0.15) is 0 Å². The van der Waals surface area contributed by atoms with E-state index in [2.05, 4.69) is 43.8 Å². The number of aromatic nitrogens is 3. The zero-order chi connectivity index (χ0) is 21.3. The highest BCUT2D eigenvalue weighted by atomic mass is 79.9. The molecule has 2 atom stereocenters. The van der Waals surface area contributed by atoms with Crippen molar-refractivity contribution in [1.82, 2.24) is 14.9 Å². The molecule has 4 rings (SSSR count). The lowest BCUT2D eigenvalue weighted by Crippen LogP contribution is -2.41. The number of carbonyl (C=O) groups excluding carboxylic acids is 1. The van der Waals surface area contributed by atoms with E-state index in [1.165, 1.54) is 11.8 Å². The van der Waals surface area contributed by atoms with E-state index in [0.717, 1.165) is 39.3 Å². The van der Waals surface area contributed by atoms with Crippen molar-refractivity contribution in [3.8, 4) is 5.75 Å². The smallest absolute Gasteiger partial charge is 0.240 e. The predicted octanol–water partition coefficient (Wildman–Crippen LogP) is 4.32. The van der Waals surface area contributed by atoms with Crippen LogP contribution in [0.5, 0.6) is 5.75 Å². The molecule has 7 nitrogen and oxygen atoms in total. The Morgan fingerprint density at radius 1 is 1.30 bits per heavy atom. The number of para-hydroxylation sites is 1. The van der Waals surface area contributed by atoms with Gasteiger partial charge in [-0.3, -0.25) is 4.79 Å². The molecule has 0 aliphatic carbocycles. The summed E-state index contributed by atoms with van der Waals surface area (Å²) in [5.74, 6) is 1.39. The second-order valence-electron chi connectivity index (χ2n) is 6.90. The molecule has 1 aliphatic rings. The van der Waals surface area contributed by atoms with Gasteiger partial charge in [-0.1, -0.05) is 43.0 Å². The summed E-state index contributed by atoms with van der Waals surface area (Å²) in [6.07, 6.45) is 0.842. The van der Waals surface area contributed by atoms with Gasteiger partial charge in [0.1, 0.15) is 16.8 Å². The zero-order valence-electron chi connectivity index (χ0n) is 16.8. The third-order valence-electron chi connectivity index (χ3n) is 5.05. The molecule has 2 unspecified atom stereocenters. The number of thioether (sulfide) groups is 1. The van der Waals surface area contributed by atoms with Crippen molar-refractivity contribution < 1.29 is 9.53 Å². The maximum Gasteiger partial charge on any atom is 0.240 e. The standard InChI is InChI=1S/C21H22BrN5O2S/c1-4-13-7-5-6-8-16(13)23-20(28)19-18(14-9-10-17(29-3)15(22)11-14)26-27-12(2)24-25-21(27)30-19/h5-11,18-19,26H,4H2,1-3H3,(H,23,28). The summed E-state index contributed by atoms with van der Waals surface area (Å²) in [6.45, 7) is 3.95. The fourth-order valence-electron chi connectivity index (χ4n) is 3.44. The summed E-state index contributed by atoms with van der Waals surface area (Å²) in [7, 11) is 1.63. The van der Waals surface area contributed by atoms with Crippen molar-refractivity contribution in [2.45, 2.75) is 36.7 Å². The fraction of sp³-hybridized carbons (Fsp3) is 0.286. The summed E-state index contributed by atoms with van der Waals surface area (Å²) in [4.78, 5) is 13.4. The Labute approximate surface area is 187 Å². The van der Waals surface area contributed by atoms with Gasteiger partial charge >= 0.3 is 0 Å². The summed E-state index contributed by atoms with van der Waals surface area (Å²) >= 11 is 4.96. The van der Waals surface area contributed by atoms with Gasteiger partial charge in [-0.25, -0.2) is 4.68 Å². The quantitative estimate of drug-likeness (QED) is 0.557. The van der Waals surface area contributed by atoms with Crippen LogP contribution in [0.15, 0.2) is 52.1 Å². The summed E-state index contributed by atoms with van der Waals surface area (Å²) < 4.78 is 8.01. The number of aryl methyl sites for hydroxylation is 2. The van der Waals surface area contributed by atoms with Crippen LogP contribution >= 0.6 is 27.7 Å². The maximum absolute atomic E-state index is 13.4. The molecule has 0 fully saturated rings. The highest BCUT2D eigenvalue weighted by Crippen LogP contribution is 2.39. The van der Waals surface area contributed by atoms with Crippen molar-refractivity contribution in [1.29, 1.82) is 0 Å². The van der Waals surface area contributed by atoms with Gasteiger partial charge in [0.05, 0.1) is 17.6 Å². The Morgan fingerprint density at radius 2 is 2.10 bits per heavy atom. The fourth-order valence-corrected chi connectivity index (χ4v) is 5.12. The number of rotatable bonds is 5. The van der Waals surface area contributed by atoms with E-state index in [-0.39, 0.29) is 11.9 Å². The second kappa shape index (κ2) is 8.69.